The second-order valence-electron chi connectivity index (χ2n) is 5.09. The first-order valence-corrected chi connectivity index (χ1v) is 8.26. The monoisotopic (exact) mass is 377 g/mol. The van der Waals surface area contributed by atoms with Crippen LogP contribution in [0, 0.1) is 0 Å². The lowest BCUT2D eigenvalue weighted by atomic mass is 10.1. The van der Waals surface area contributed by atoms with Gasteiger partial charge in [0.05, 0.1) is 6.16 Å². The fourth-order valence-electron chi connectivity index (χ4n) is 2.61. The zero-order valence-electron chi connectivity index (χ0n) is 12.0. The minimum atomic E-state index is -4.05. The van der Waals surface area contributed by atoms with Crippen LogP contribution in [-0.4, -0.2) is 20.5 Å². The van der Waals surface area contributed by atoms with Crippen molar-refractivity contribution >= 4 is 65.6 Å². The molecule has 0 amide bonds. The molecular weight excluding hydrogens is 360 g/mol. The largest absolute Gasteiger partial charge is 0.399 e. The Labute approximate surface area is 145 Å². The number of fused-ring (bicyclic) bond motifs is 3. The van der Waals surface area contributed by atoms with Crippen LogP contribution in [0.25, 0.3) is 21.8 Å². The number of rotatable bonds is 3. The predicted molar refractivity (Wildman–Crippen MR) is 99.7 cm³/mol. The molecule has 0 radical (unpaired) electrons. The lowest BCUT2D eigenvalue weighted by Gasteiger charge is -2.08. The molecule has 0 aliphatic rings. The molecule has 0 saturated heterocycles. The molecule has 0 aliphatic heterocycles. The topological polar surface area (TPSA) is 114 Å². The van der Waals surface area contributed by atoms with Crippen LogP contribution in [-0.2, 0) is 11.1 Å². The number of halogens is 2. The maximum absolute atomic E-state index is 11.1. The Kier molecular flexibility index (Phi) is 5.96. The highest BCUT2D eigenvalue weighted by molar-refractivity contribution is 7.51. The average molecular weight is 378 g/mol. The minimum absolute atomic E-state index is 0. The van der Waals surface area contributed by atoms with Crippen molar-refractivity contribution in [3.05, 3.63) is 36.4 Å². The maximum Gasteiger partial charge on any atom is 0.327 e. The molecule has 0 unspecified atom stereocenters. The fourth-order valence-corrected chi connectivity index (χ4v) is 3.07. The zero-order chi connectivity index (χ0) is 15.2. The summed E-state index contributed by atoms with van der Waals surface area (Å²) in [4.78, 5) is 18.2. The molecule has 126 valence electrons. The molecule has 3 rings (SSSR count). The molecule has 1 aromatic heterocycles. The van der Waals surface area contributed by atoms with Crippen molar-refractivity contribution in [2.75, 3.05) is 17.6 Å². The Morgan fingerprint density at radius 2 is 1.35 bits per heavy atom. The van der Waals surface area contributed by atoms with E-state index in [0.717, 1.165) is 21.8 Å². The standard InChI is InChI=1S/C14H16N3O3P.2ClH/c15-9-1-3-13-11(7-9)12-8-10(16)2-4-14(12)17(13)5-6-21(18,19)20;;/h1-4,7-8H,5-6,15-16H2,(H2,18,19,20);2*1H. The SMILES string of the molecule is Cl.Cl.Nc1ccc2c(c1)c1cc(N)ccc1n2CCP(=O)(O)O. The summed E-state index contributed by atoms with van der Waals surface area (Å²) in [5.41, 5.74) is 14.7. The Bertz CT molecular complexity index is 832. The first-order chi connectivity index (χ1) is 9.85. The summed E-state index contributed by atoms with van der Waals surface area (Å²) < 4.78 is 13.0. The molecule has 6 N–H and O–H groups in total. The summed E-state index contributed by atoms with van der Waals surface area (Å²) in [6.45, 7) is 0.234. The van der Waals surface area contributed by atoms with Crippen molar-refractivity contribution in [1.29, 1.82) is 0 Å². The van der Waals surface area contributed by atoms with Crippen molar-refractivity contribution in [1.82, 2.24) is 4.57 Å². The van der Waals surface area contributed by atoms with Gasteiger partial charge >= 0.3 is 7.60 Å². The predicted octanol–water partition coefficient (Wildman–Crippen LogP) is 2.98. The summed E-state index contributed by atoms with van der Waals surface area (Å²) in [7, 11) is -4.05. The highest BCUT2D eigenvalue weighted by atomic mass is 35.5. The van der Waals surface area contributed by atoms with Gasteiger partial charge in [-0.1, -0.05) is 0 Å². The third-order valence-corrected chi connectivity index (χ3v) is 4.31. The van der Waals surface area contributed by atoms with Crippen LogP contribution in [0.3, 0.4) is 0 Å². The number of hydrogen-bond donors (Lipinski definition) is 4. The van der Waals surface area contributed by atoms with E-state index in [1.807, 2.05) is 28.8 Å². The average Bonchev–Trinajstić information content (AvgIpc) is 2.68. The number of hydrogen-bond acceptors (Lipinski definition) is 3. The molecule has 0 spiro atoms. The van der Waals surface area contributed by atoms with E-state index < -0.39 is 7.60 Å². The van der Waals surface area contributed by atoms with Gasteiger partial charge in [0.1, 0.15) is 0 Å². The summed E-state index contributed by atoms with van der Waals surface area (Å²) in [6, 6.07) is 11.0. The molecular formula is C14H18Cl2N3O3P. The van der Waals surface area contributed by atoms with Crippen LogP contribution in [0.15, 0.2) is 36.4 Å². The van der Waals surface area contributed by atoms with Gasteiger partial charge in [0.25, 0.3) is 0 Å². The van der Waals surface area contributed by atoms with Crippen molar-refractivity contribution in [3.8, 4) is 0 Å². The number of nitrogens with zero attached hydrogens (tertiary/aromatic N) is 1. The second-order valence-corrected chi connectivity index (χ2v) is 6.87. The number of nitrogens with two attached hydrogens (primary N) is 2. The summed E-state index contributed by atoms with van der Waals surface area (Å²) in [5.74, 6) is 0. The molecule has 0 atom stereocenters. The van der Waals surface area contributed by atoms with Gasteiger partial charge in [-0.2, -0.15) is 0 Å². The molecule has 2 aromatic carbocycles. The van der Waals surface area contributed by atoms with Crippen molar-refractivity contribution in [2.45, 2.75) is 6.54 Å². The van der Waals surface area contributed by atoms with Gasteiger partial charge < -0.3 is 25.8 Å². The Hall–Kier alpha value is -1.43. The number of aromatic nitrogens is 1. The minimum Gasteiger partial charge on any atom is -0.399 e. The molecule has 0 fully saturated rings. The number of aryl methyl sites for hydroxylation is 1. The molecule has 0 bridgehead atoms. The van der Waals surface area contributed by atoms with Crippen LogP contribution >= 0.6 is 32.4 Å². The van der Waals surface area contributed by atoms with Gasteiger partial charge in [-0.25, -0.2) is 0 Å². The molecule has 9 heteroatoms. The van der Waals surface area contributed by atoms with Gasteiger partial charge in [-0.3, -0.25) is 4.57 Å². The second kappa shape index (κ2) is 6.99. The van der Waals surface area contributed by atoms with Crippen molar-refractivity contribution < 1.29 is 14.4 Å². The van der Waals surface area contributed by atoms with E-state index in [1.54, 1.807) is 12.1 Å². The van der Waals surface area contributed by atoms with E-state index in [1.165, 1.54) is 0 Å². The van der Waals surface area contributed by atoms with Crippen LogP contribution in [0.2, 0.25) is 0 Å². The molecule has 1 heterocycles. The van der Waals surface area contributed by atoms with E-state index >= 15 is 0 Å². The van der Waals surface area contributed by atoms with Crippen LogP contribution in [0.1, 0.15) is 0 Å². The molecule has 3 aromatic rings. The normalized spacial score (nSPS) is 11.2. The summed E-state index contributed by atoms with van der Waals surface area (Å²) in [6.07, 6.45) is -0.208. The smallest absolute Gasteiger partial charge is 0.327 e. The summed E-state index contributed by atoms with van der Waals surface area (Å²) in [5, 5.41) is 1.87. The van der Waals surface area contributed by atoms with E-state index in [2.05, 4.69) is 0 Å². The van der Waals surface area contributed by atoms with Gasteiger partial charge in [0, 0.05) is 39.7 Å². The number of nitrogen functional groups attached to an aromatic ring is 2. The maximum atomic E-state index is 11.1. The van der Waals surface area contributed by atoms with E-state index in [4.69, 9.17) is 21.3 Å². The van der Waals surface area contributed by atoms with Crippen molar-refractivity contribution in [3.63, 3.8) is 0 Å². The highest BCUT2D eigenvalue weighted by Gasteiger charge is 2.16. The Balaban J connectivity index is 0.00000132. The quantitative estimate of drug-likeness (QED) is 0.413. The zero-order valence-corrected chi connectivity index (χ0v) is 14.6. The summed E-state index contributed by atoms with van der Waals surface area (Å²) >= 11 is 0. The Morgan fingerprint density at radius 1 is 0.913 bits per heavy atom. The fraction of sp³-hybridized carbons (Fsp3) is 0.143. The van der Waals surface area contributed by atoms with Crippen LogP contribution in [0.4, 0.5) is 11.4 Å². The van der Waals surface area contributed by atoms with Crippen LogP contribution in [0.5, 0.6) is 0 Å². The van der Waals surface area contributed by atoms with Crippen molar-refractivity contribution in [2.24, 2.45) is 0 Å². The lowest BCUT2D eigenvalue weighted by Crippen LogP contribution is -2.03. The number of anilines is 2. The Morgan fingerprint density at radius 3 is 1.74 bits per heavy atom. The molecule has 0 aliphatic carbocycles. The van der Waals surface area contributed by atoms with Gasteiger partial charge in [0.2, 0.25) is 0 Å². The van der Waals surface area contributed by atoms with Gasteiger partial charge in [-0.15, -0.1) is 24.8 Å². The van der Waals surface area contributed by atoms with Gasteiger partial charge in [-0.05, 0) is 36.4 Å². The first kappa shape index (κ1) is 19.6. The highest BCUT2D eigenvalue weighted by Crippen LogP contribution is 2.37. The number of benzene rings is 2. The third-order valence-electron chi connectivity index (χ3n) is 3.53. The molecule has 6 nitrogen and oxygen atoms in total. The molecule has 23 heavy (non-hydrogen) atoms. The first-order valence-electron chi connectivity index (χ1n) is 6.47. The lowest BCUT2D eigenvalue weighted by molar-refractivity contribution is 0.370. The van der Waals surface area contributed by atoms with Crippen LogP contribution < -0.4 is 11.5 Å². The van der Waals surface area contributed by atoms with E-state index in [9.17, 15) is 4.57 Å². The molecule has 0 saturated carbocycles. The van der Waals surface area contributed by atoms with Gasteiger partial charge in [0.15, 0.2) is 0 Å². The van der Waals surface area contributed by atoms with E-state index in [-0.39, 0.29) is 37.5 Å². The third kappa shape index (κ3) is 3.91. The van der Waals surface area contributed by atoms with E-state index in [0.29, 0.717) is 11.4 Å².